The van der Waals surface area contributed by atoms with Crippen LogP contribution < -0.4 is 14.2 Å². The normalized spacial score (nSPS) is 9.81. The monoisotopic (exact) mass is 286 g/mol. The smallest absolute Gasteiger partial charge is 0.343 e. The average Bonchev–Trinajstić information content (AvgIpc) is 2.48. The van der Waals surface area contributed by atoms with Crippen molar-refractivity contribution in [3.63, 3.8) is 0 Å². The molecule has 0 amide bonds. The third kappa shape index (κ3) is 4.07. The van der Waals surface area contributed by atoms with E-state index in [0.717, 1.165) is 0 Å². The maximum atomic E-state index is 11.9. The lowest BCUT2D eigenvalue weighted by molar-refractivity contribution is -0.131. The Bertz CT molecular complexity index is 629. The summed E-state index contributed by atoms with van der Waals surface area (Å²) in [4.78, 5) is 22.7. The minimum absolute atomic E-state index is 0.363. The Morgan fingerprint density at radius 3 is 1.76 bits per heavy atom. The van der Waals surface area contributed by atoms with Gasteiger partial charge in [0, 0.05) is 6.92 Å². The fourth-order valence-electron chi connectivity index (χ4n) is 1.63. The zero-order valence-electron chi connectivity index (χ0n) is 11.7. The maximum absolute atomic E-state index is 11.9. The Kier molecular flexibility index (Phi) is 4.56. The molecule has 5 heteroatoms. The number of carbonyl (C=O) groups is 2. The van der Waals surface area contributed by atoms with Gasteiger partial charge in [0.1, 0.15) is 17.2 Å². The number of carbonyl (C=O) groups excluding carboxylic acids is 2. The lowest BCUT2D eigenvalue weighted by Crippen LogP contribution is -2.08. The van der Waals surface area contributed by atoms with Crippen LogP contribution in [0.3, 0.4) is 0 Å². The zero-order valence-corrected chi connectivity index (χ0v) is 11.7. The third-order valence-corrected chi connectivity index (χ3v) is 2.62. The molecule has 0 aliphatic rings. The predicted molar refractivity (Wildman–Crippen MR) is 75.7 cm³/mol. The molecule has 5 nitrogen and oxygen atoms in total. The molecule has 0 bridgehead atoms. The first kappa shape index (κ1) is 14.6. The van der Waals surface area contributed by atoms with Gasteiger partial charge in [-0.05, 0) is 48.5 Å². The molecule has 108 valence electrons. The van der Waals surface area contributed by atoms with Gasteiger partial charge in [0.2, 0.25) is 0 Å². The van der Waals surface area contributed by atoms with Gasteiger partial charge in [-0.2, -0.15) is 0 Å². The molecule has 2 aromatic rings. The number of benzene rings is 2. The Morgan fingerprint density at radius 2 is 1.24 bits per heavy atom. The Morgan fingerprint density at radius 1 is 0.762 bits per heavy atom. The molecule has 0 N–H and O–H groups in total. The van der Waals surface area contributed by atoms with E-state index in [0.29, 0.717) is 22.8 Å². The van der Waals surface area contributed by atoms with Gasteiger partial charge in [-0.15, -0.1) is 0 Å². The van der Waals surface area contributed by atoms with Crippen LogP contribution in [-0.4, -0.2) is 19.0 Å². The van der Waals surface area contributed by atoms with Crippen LogP contribution in [0.4, 0.5) is 0 Å². The molecule has 0 unspecified atom stereocenters. The molecule has 2 aromatic carbocycles. The van der Waals surface area contributed by atoms with Gasteiger partial charge >= 0.3 is 11.9 Å². The molecule has 0 saturated carbocycles. The highest BCUT2D eigenvalue weighted by molar-refractivity contribution is 5.91. The molecule has 2 rings (SSSR count). The van der Waals surface area contributed by atoms with Crippen molar-refractivity contribution in [1.29, 1.82) is 0 Å². The molecule has 0 fully saturated rings. The van der Waals surface area contributed by atoms with Gasteiger partial charge in [-0.1, -0.05) is 0 Å². The van der Waals surface area contributed by atoms with Crippen LogP contribution in [0.2, 0.25) is 0 Å². The standard InChI is InChI=1S/C16H14O5/c1-11(17)20-14-5-3-12(4-6-14)16(18)21-15-9-7-13(19-2)8-10-15/h3-10H,1-2H3. The van der Waals surface area contributed by atoms with Crippen LogP contribution in [0.25, 0.3) is 0 Å². The summed E-state index contributed by atoms with van der Waals surface area (Å²) in [5.41, 5.74) is 0.363. The van der Waals surface area contributed by atoms with Crippen molar-refractivity contribution in [2.24, 2.45) is 0 Å². The highest BCUT2D eigenvalue weighted by Crippen LogP contribution is 2.19. The molecule has 0 heterocycles. The largest absolute Gasteiger partial charge is 0.497 e. The highest BCUT2D eigenvalue weighted by atomic mass is 16.5. The molecular formula is C16H14O5. The van der Waals surface area contributed by atoms with Crippen molar-refractivity contribution in [2.75, 3.05) is 7.11 Å². The van der Waals surface area contributed by atoms with E-state index >= 15 is 0 Å². The lowest BCUT2D eigenvalue weighted by Gasteiger charge is -2.06. The van der Waals surface area contributed by atoms with E-state index in [1.54, 1.807) is 31.4 Å². The molecular weight excluding hydrogens is 272 g/mol. The van der Waals surface area contributed by atoms with Gasteiger partial charge in [0.25, 0.3) is 0 Å². The first-order valence-electron chi connectivity index (χ1n) is 6.23. The fourth-order valence-corrected chi connectivity index (χ4v) is 1.63. The second-order valence-electron chi connectivity index (χ2n) is 4.18. The summed E-state index contributed by atoms with van der Waals surface area (Å²) in [6, 6.07) is 12.8. The van der Waals surface area contributed by atoms with Crippen LogP contribution in [0.15, 0.2) is 48.5 Å². The van der Waals surface area contributed by atoms with E-state index in [2.05, 4.69) is 0 Å². The first-order valence-corrected chi connectivity index (χ1v) is 6.23. The molecule has 21 heavy (non-hydrogen) atoms. The molecule has 0 saturated heterocycles. The SMILES string of the molecule is COc1ccc(OC(=O)c2ccc(OC(C)=O)cc2)cc1. The summed E-state index contributed by atoms with van der Waals surface area (Å²) in [7, 11) is 1.56. The van der Waals surface area contributed by atoms with Gasteiger partial charge in [0.05, 0.1) is 12.7 Å². The van der Waals surface area contributed by atoms with Gasteiger partial charge < -0.3 is 14.2 Å². The van der Waals surface area contributed by atoms with E-state index in [1.807, 2.05) is 0 Å². The number of hydrogen-bond donors (Lipinski definition) is 0. The fraction of sp³-hybridized carbons (Fsp3) is 0.125. The van der Waals surface area contributed by atoms with Crippen LogP contribution in [0.1, 0.15) is 17.3 Å². The highest BCUT2D eigenvalue weighted by Gasteiger charge is 2.09. The summed E-state index contributed by atoms with van der Waals surface area (Å²) >= 11 is 0. The minimum Gasteiger partial charge on any atom is -0.497 e. The van der Waals surface area contributed by atoms with Crippen molar-refractivity contribution in [3.05, 3.63) is 54.1 Å². The number of esters is 2. The van der Waals surface area contributed by atoms with Crippen molar-refractivity contribution in [2.45, 2.75) is 6.92 Å². The van der Waals surface area contributed by atoms with Crippen molar-refractivity contribution in [1.82, 2.24) is 0 Å². The number of hydrogen-bond acceptors (Lipinski definition) is 5. The summed E-state index contributed by atoms with van der Waals surface area (Å²) in [5.74, 6) is 0.576. The molecule has 0 aromatic heterocycles. The van der Waals surface area contributed by atoms with E-state index < -0.39 is 11.9 Å². The Labute approximate surface area is 122 Å². The van der Waals surface area contributed by atoms with Crippen LogP contribution in [-0.2, 0) is 4.79 Å². The quantitative estimate of drug-likeness (QED) is 0.639. The molecule has 0 atom stereocenters. The predicted octanol–water partition coefficient (Wildman–Crippen LogP) is 2.84. The Balaban J connectivity index is 2.03. The van der Waals surface area contributed by atoms with Gasteiger partial charge in [-0.3, -0.25) is 4.79 Å². The van der Waals surface area contributed by atoms with E-state index in [-0.39, 0.29) is 0 Å². The molecule has 0 aliphatic heterocycles. The van der Waals surface area contributed by atoms with E-state index in [4.69, 9.17) is 14.2 Å². The van der Waals surface area contributed by atoms with Gasteiger partial charge in [0.15, 0.2) is 0 Å². The second kappa shape index (κ2) is 6.56. The average molecular weight is 286 g/mol. The summed E-state index contributed by atoms with van der Waals surface area (Å²) in [6.07, 6.45) is 0. The molecule has 0 radical (unpaired) electrons. The minimum atomic E-state index is -0.491. The second-order valence-corrected chi connectivity index (χ2v) is 4.18. The first-order chi connectivity index (χ1) is 10.1. The van der Waals surface area contributed by atoms with Crippen molar-refractivity contribution < 1.29 is 23.8 Å². The topological polar surface area (TPSA) is 61.8 Å². The maximum Gasteiger partial charge on any atom is 0.343 e. The zero-order chi connectivity index (χ0) is 15.2. The third-order valence-electron chi connectivity index (χ3n) is 2.62. The van der Waals surface area contributed by atoms with Gasteiger partial charge in [-0.25, -0.2) is 4.79 Å². The molecule has 0 spiro atoms. The van der Waals surface area contributed by atoms with Crippen molar-refractivity contribution in [3.8, 4) is 17.2 Å². The van der Waals surface area contributed by atoms with E-state index in [1.165, 1.54) is 31.2 Å². The van der Waals surface area contributed by atoms with Crippen LogP contribution in [0.5, 0.6) is 17.2 Å². The molecule has 0 aliphatic carbocycles. The number of rotatable bonds is 4. The van der Waals surface area contributed by atoms with Crippen LogP contribution in [0, 0.1) is 0 Å². The number of ether oxygens (including phenoxy) is 3. The van der Waals surface area contributed by atoms with E-state index in [9.17, 15) is 9.59 Å². The summed E-state index contributed by atoms with van der Waals surface area (Å²) < 4.78 is 15.1. The van der Waals surface area contributed by atoms with Crippen molar-refractivity contribution >= 4 is 11.9 Å². The lowest BCUT2D eigenvalue weighted by atomic mass is 10.2. The Hall–Kier alpha value is -2.82. The van der Waals surface area contributed by atoms with Crippen LogP contribution >= 0.6 is 0 Å². The number of methoxy groups -OCH3 is 1. The summed E-state index contributed by atoms with van der Waals surface area (Å²) in [6.45, 7) is 1.31. The summed E-state index contributed by atoms with van der Waals surface area (Å²) in [5, 5.41) is 0.